The number of alkyl halides is 3. The monoisotopic (exact) mass is 268 g/mol. The Labute approximate surface area is 92.5 Å². The van der Waals surface area contributed by atoms with Crippen LogP contribution in [0.4, 0.5) is 0 Å². The topological polar surface area (TPSA) is 57.5 Å². The Morgan fingerprint density at radius 1 is 1.15 bits per heavy atom. The predicted octanol–water partition coefficient (Wildman–Crippen LogP) is 3.09. The van der Waals surface area contributed by atoms with Gasteiger partial charge in [0.25, 0.3) is 0 Å². The van der Waals surface area contributed by atoms with E-state index in [2.05, 4.69) is 0 Å². The van der Waals surface area contributed by atoms with E-state index in [0.717, 1.165) is 0 Å². The van der Waals surface area contributed by atoms with Gasteiger partial charge in [0, 0.05) is 0 Å². The van der Waals surface area contributed by atoms with Crippen molar-refractivity contribution in [3.05, 3.63) is 0 Å². The fourth-order valence-electron chi connectivity index (χ4n) is 1.23. The maximum absolute atomic E-state index is 11.2. The Morgan fingerprint density at radius 3 is 1.46 bits per heavy atom. The molecule has 0 aromatic carbocycles. The Bertz CT molecular complexity index is 216. The molecule has 3 nitrogen and oxygen atoms in total. The smallest absolute Gasteiger partial charge is 0.324 e. The van der Waals surface area contributed by atoms with Gasteiger partial charge in [-0.3, -0.25) is 4.57 Å². The SMILES string of the molecule is CCC(CC)(C(Cl)(Cl)Cl)P(=O)(O)O. The molecule has 0 aliphatic carbocycles. The first-order valence-electron chi connectivity index (χ1n) is 3.74. The minimum absolute atomic E-state index is 0.115. The lowest BCUT2D eigenvalue weighted by molar-refractivity contribution is 0.314. The van der Waals surface area contributed by atoms with Gasteiger partial charge in [0.2, 0.25) is 3.79 Å². The Kier molecular flexibility index (Phi) is 4.59. The average molecular weight is 269 g/mol. The second-order valence-corrected chi connectivity index (χ2v) is 7.01. The largest absolute Gasteiger partial charge is 0.335 e. The fraction of sp³-hybridized carbons (Fsp3) is 1.00. The minimum atomic E-state index is -4.42. The molecule has 0 aliphatic heterocycles. The van der Waals surface area contributed by atoms with Gasteiger partial charge in [0.1, 0.15) is 5.16 Å². The molecular weight excluding hydrogens is 257 g/mol. The molecule has 0 radical (unpaired) electrons. The quantitative estimate of drug-likeness (QED) is 0.611. The Morgan fingerprint density at radius 2 is 1.46 bits per heavy atom. The van der Waals surface area contributed by atoms with Crippen LogP contribution in [0.3, 0.4) is 0 Å². The molecule has 0 aromatic heterocycles. The van der Waals surface area contributed by atoms with Crippen LogP contribution in [0.25, 0.3) is 0 Å². The molecule has 0 aromatic rings. The van der Waals surface area contributed by atoms with Gasteiger partial charge >= 0.3 is 7.60 Å². The first-order valence-corrected chi connectivity index (χ1v) is 6.49. The van der Waals surface area contributed by atoms with Crippen LogP contribution in [-0.2, 0) is 4.57 Å². The molecule has 0 heterocycles. The molecule has 0 bridgehead atoms. The van der Waals surface area contributed by atoms with E-state index in [-0.39, 0.29) is 12.8 Å². The van der Waals surface area contributed by atoms with Crippen LogP contribution in [0.1, 0.15) is 26.7 Å². The van der Waals surface area contributed by atoms with Crippen LogP contribution in [-0.4, -0.2) is 18.7 Å². The van der Waals surface area contributed by atoms with Crippen LogP contribution in [0.5, 0.6) is 0 Å². The number of hydrogen-bond acceptors (Lipinski definition) is 1. The molecule has 2 N–H and O–H groups in total. The van der Waals surface area contributed by atoms with Crippen LogP contribution in [0.2, 0.25) is 0 Å². The van der Waals surface area contributed by atoms with Crippen molar-refractivity contribution in [3.8, 4) is 0 Å². The summed E-state index contributed by atoms with van der Waals surface area (Å²) >= 11 is 16.7. The van der Waals surface area contributed by atoms with Crippen molar-refractivity contribution < 1.29 is 14.4 Å². The van der Waals surface area contributed by atoms with Crippen LogP contribution in [0.15, 0.2) is 0 Å². The Hall–Kier alpha value is 1.02. The van der Waals surface area contributed by atoms with Crippen molar-refractivity contribution in [2.45, 2.75) is 35.6 Å². The highest BCUT2D eigenvalue weighted by Crippen LogP contribution is 2.64. The first-order chi connectivity index (χ1) is 5.62. The van der Waals surface area contributed by atoms with E-state index in [9.17, 15) is 4.57 Å². The molecule has 0 saturated carbocycles. The summed E-state index contributed by atoms with van der Waals surface area (Å²) in [6.07, 6.45) is 0.231. The molecule has 80 valence electrons. The van der Waals surface area contributed by atoms with E-state index in [1.165, 1.54) is 0 Å². The zero-order chi connectivity index (χ0) is 10.9. The van der Waals surface area contributed by atoms with E-state index in [4.69, 9.17) is 44.6 Å². The van der Waals surface area contributed by atoms with Crippen molar-refractivity contribution in [1.82, 2.24) is 0 Å². The third-order valence-corrected chi connectivity index (χ3v) is 5.82. The fourth-order valence-corrected chi connectivity index (χ4v) is 4.17. The number of hydrogen-bond donors (Lipinski definition) is 2. The summed E-state index contributed by atoms with van der Waals surface area (Å²) in [6.45, 7) is 3.18. The van der Waals surface area contributed by atoms with Crippen molar-refractivity contribution in [2.75, 3.05) is 0 Å². The van der Waals surface area contributed by atoms with E-state index in [1.807, 2.05) is 0 Å². The van der Waals surface area contributed by atoms with Crippen molar-refractivity contribution >= 4 is 42.4 Å². The molecule has 13 heavy (non-hydrogen) atoms. The van der Waals surface area contributed by atoms with Crippen LogP contribution >= 0.6 is 42.4 Å². The summed E-state index contributed by atoms with van der Waals surface area (Å²) < 4.78 is 9.25. The van der Waals surface area contributed by atoms with Gasteiger partial charge in [-0.2, -0.15) is 0 Å². The molecular formula is C6H12Cl3O3P. The molecule has 7 heteroatoms. The molecule has 0 rings (SSSR count). The van der Waals surface area contributed by atoms with E-state index in [1.54, 1.807) is 13.8 Å². The summed E-state index contributed by atoms with van der Waals surface area (Å²) in [5, 5.41) is -1.58. The molecule has 0 spiro atoms. The molecule has 0 unspecified atom stereocenters. The van der Waals surface area contributed by atoms with Gasteiger partial charge in [0.15, 0.2) is 0 Å². The van der Waals surface area contributed by atoms with Crippen molar-refractivity contribution in [3.63, 3.8) is 0 Å². The molecule has 0 atom stereocenters. The van der Waals surface area contributed by atoms with Gasteiger partial charge < -0.3 is 9.79 Å². The lowest BCUT2D eigenvalue weighted by Gasteiger charge is -2.38. The third-order valence-electron chi connectivity index (χ3n) is 2.26. The summed E-state index contributed by atoms with van der Waals surface area (Å²) in [4.78, 5) is 18.2. The van der Waals surface area contributed by atoms with Gasteiger partial charge in [-0.15, -0.1) is 0 Å². The second-order valence-electron chi connectivity index (χ2n) is 2.78. The van der Waals surface area contributed by atoms with Gasteiger partial charge in [-0.25, -0.2) is 0 Å². The second kappa shape index (κ2) is 4.26. The summed E-state index contributed by atoms with van der Waals surface area (Å²) in [6, 6.07) is 0. The van der Waals surface area contributed by atoms with Crippen LogP contribution < -0.4 is 0 Å². The molecule has 0 fully saturated rings. The Balaban J connectivity index is 5.31. The van der Waals surface area contributed by atoms with Gasteiger partial charge in [0.05, 0.1) is 0 Å². The predicted molar refractivity (Wildman–Crippen MR) is 55.6 cm³/mol. The standard InChI is InChI=1S/C6H12Cl3O3P/c1-3-5(4-2,6(7,8)9)13(10,11)12/h3-4H2,1-2H3,(H2,10,11,12). The first kappa shape index (κ1) is 14.0. The summed E-state index contributed by atoms with van der Waals surface area (Å²) in [5.41, 5.74) is 0. The summed E-state index contributed by atoms with van der Waals surface area (Å²) in [5.74, 6) is 0. The lowest BCUT2D eigenvalue weighted by atomic mass is 10.0. The maximum atomic E-state index is 11.2. The van der Waals surface area contributed by atoms with E-state index < -0.39 is 16.5 Å². The van der Waals surface area contributed by atoms with E-state index >= 15 is 0 Å². The van der Waals surface area contributed by atoms with Crippen LogP contribution in [0, 0.1) is 0 Å². The lowest BCUT2D eigenvalue weighted by Crippen LogP contribution is -2.41. The molecule has 0 aliphatic rings. The molecule has 0 amide bonds. The summed E-state index contributed by atoms with van der Waals surface area (Å²) in [7, 11) is -4.42. The van der Waals surface area contributed by atoms with Gasteiger partial charge in [-0.1, -0.05) is 48.7 Å². The molecule has 0 saturated heterocycles. The van der Waals surface area contributed by atoms with Gasteiger partial charge in [-0.05, 0) is 12.8 Å². The highest BCUT2D eigenvalue weighted by atomic mass is 35.6. The highest BCUT2D eigenvalue weighted by Gasteiger charge is 2.57. The zero-order valence-electron chi connectivity index (χ0n) is 7.30. The van der Waals surface area contributed by atoms with E-state index in [0.29, 0.717) is 0 Å². The maximum Gasteiger partial charge on any atom is 0.335 e. The average Bonchev–Trinajstić information content (AvgIpc) is 1.84. The van der Waals surface area contributed by atoms with Crippen molar-refractivity contribution in [1.29, 1.82) is 0 Å². The minimum Gasteiger partial charge on any atom is -0.324 e. The zero-order valence-corrected chi connectivity index (χ0v) is 10.5. The normalized spacial score (nSPS) is 14.7. The van der Waals surface area contributed by atoms with Crippen molar-refractivity contribution in [2.24, 2.45) is 0 Å². The number of rotatable bonds is 3. The number of halogens is 3. The third kappa shape index (κ3) is 2.53. The highest BCUT2D eigenvalue weighted by molar-refractivity contribution is 7.54.